The average molecular weight is 467 g/mol. The van der Waals surface area contributed by atoms with Crippen molar-refractivity contribution in [1.82, 2.24) is 4.90 Å². The molecular weight excluding hydrogens is 434 g/mol. The zero-order valence-corrected chi connectivity index (χ0v) is 20.6. The van der Waals surface area contributed by atoms with Crippen LogP contribution < -0.4 is 15.0 Å². The highest BCUT2D eigenvalue weighted by Crippen LogP contribution is 2.31. The second-order valence-electron chi connectivity index (χ2n) is 8.29. The van der Waals surface area contributed by atoms with Crippen LogP contribution in [0, 0.1) is 12.8 Å². The molecule has 2 heterocycles. The van der Waals surface area contributed by atoms with Crippen molar-refractivity contribution in [3.63, 3.8) is 0 Å². The van der Waals surface area contributed by atoms with Gasteiger partial charge >= 0.3 is 0 Å². The first kappa shape index (κ1) is 23.3. The smallest absolute Gasteiger partial charge is 0.173 e. The van der Waals surface area contributed by atoms with Crippen molar-refractivity contribution in [3.05, 3.63) is 45.1 Å². The number of thiophene rings is 1. The number of hydrogen-bond donors (Lipinski definition) is 2. The lowest BCUT2D eigenvalue weighted by molar-refractivity contribution is -0.908. The minimum absolute atomic E-state index is 0.692. The lowest BCUT2D eigenvalue weighted by atomic mass is 10.0. The molecule has 1 fully saturated rings. The second-order valence-corrected chi connectivity index (χ2v) is 10.1. The Morgan fingerprint density at radius 1 is 1.43 bits per heavy atom. The number of aryl methyl sites for hydroxylation is 1. The van der Waals surface area contributed by atoms with Crippen LogP contribution in [0.4, 0.5) is 5.69 Å². The summed E-state index contributed by atoms with van der Waals surface area (Å²) in [4.78, 5) is 5.33. The SMILES string of the molecule is COc1cc(Cl)c(C)cc1NC(=S)N(CCC[NH+]1CCCC(C)C1)Cc1cccs1. The van der Waals surface area contributed by atoms with Crippen molar-refractivity contribution >= 4 is 46.0 Å². The largest absolute Gasteiger partial charge is 0.495 e. The number of ether oxygens (including phenoxy) is 1. The number of anilines is 1. The van der Waals surface area contributed by atoms with E-state index in [9.17, 15) is 0 Å². The minimum Gasteiger partial charge on any atom is -0.495 e. The van der Waals surface area contributed by atoms with Crippen LogP contribution in [0.5, 0.6) is 5.75 Å². The molecule has 0 spiro atoms. The van der Waals surface area contributed by atoms with E-state index in [2.05, 4.69) is 34.7 Å². The fourth-order valence-corrected chi connectivity index (χ4v) is 5.25. The van der Waals surface area contributed by atoms with E-state index in [-0.39, 0.29) is 0 Å². The van der Waals surface area contributed by atoms with Crippen molar-refractivity contribution < 1.29 is 9.64 Å². The number of nitrogens with zero attached hydrogens (tertiary/aromatic N) is 1. The number of likely N-dealkylation sites (tertiary alicyclic amines) is 1. The first-order valence-electron chi connectivity index (χ1n) is 10.7. The molecule has 0 saturated carbocycles. The molecular formula is C23H33ClN3OS2+. The molecule has 0 radical (unpaired) electrons. The number of halogens is 1. The van der Waals surface area contributed by atoms with Crippen molar-refractivity contribution in [3.8, 4) is 5.75 Å². The summed E-state index contributed by atoms with van der Waals surface area (Å²) in [5, 5.41) is 6.95. The Labute approximate surface area is 195 Å². The molecule has 1 aromatic carbocycles. The summed E-state index contributed by atoms with van der Waals surface area (Å²) in [5.41, 5.74) is 1.85. The van der Waals surface area contributed by atoms with Crippen LogP contribution in [0.3, 0.4) is 0 Å². The number of rotatable bonds is 8. The number of hydrogen-bond acceptors (Lipinski definition) is 3. The van der Waals surface area contributed by atoms with E-state index >= 15 is 0 Å². The van der Waals surface area contributed by atoms with Crippen LogP contribution in [0.25, 0.3) is 0 Å². The molecule has 30 heavy (non-hydrogen) atoms. The number of piperidine rings is 1. The van der Waals surface area contributed by atoms with E-state index < -0.39 is 0 Å². The lowest BCUT2D eigenvalue weighted by Crippen LogP contribution is -3.13. The Morgan fingerprint density at radius 3 is 2.97 bits per heavy atom. The molecule has 164 valence electrons. The first-order chi connectivity index (χ1) is 14.5. The quantitative estimate of drug-likeness (QED) is 0.555. The molecule has 2 aromatic rings. The van der Waals surface area contributed by atoms with Crippen molar-refractivity contribution in [2.24, 2.45) is 5.92 Å². The first-order valence-corrected chi connectivity index (χ1v) is 12.4. The number of thiocarbonyl (C=S) groups is 1. The molecule has 2 N–H and O–H groups in total. The number of quaternary nitrogens is 1. The van der Waals surface area contributed by atoms with Gasteiger partial charge in [0, 0.05) is 34.8 Å². The van der Waals surface area contributed by atoms with Crippen LogP contribution in [-0.2, 0) is 6.54 Å². The summed E-state index contributed by atoms with van der Waals surface area (Å²) in [7, 11) is 1.65. The van der Waals surface area contributed by atoms with Gasteiger partial charge in [-0.15, -0.1) is 11.3 Å². The van der Waals surface area contributed by atoms with Gasteiger partial charge in [0.15, 0.2) is 5.11 Å². The molecule has 0 amide bonds. The molecule has 1 aromatic heterocycles. The third-order valence-electron chi connectivity index (χ3n) is 5.76. The summed E-state index contributed by atoms with van der Waals surface area (Å²) in [5.74, 6) is 1.55. The average Bonchev–Trinajstić information content (AvgIpc) is 3.23. The van der Waals surface area contributed by atoms with Gasteiger partial charge in [0.25, 0.3) is 0 Å². The molecule has 2 atom stereocenters. The summed E-state index contributed by atoms with van der Waals surface area (Å²) < 4.78 is 5.51. The Kier molecular flexibility index (Phi) is 8.81. The Bertz CT molecular complexity index is 828. The van der Waals surface area contributed by atoms with E-state index in [0.29, 0.717) is 10.8 Å². The van der Waals surface area contributed by atoms with Crippen LogP contribution in [0.2, 0.25) is 5.02 Å². The maximum Gasteiger partial charge on any atom is 0.173 e. The molecule has 4 nitrogen and oxygen atoms in total. The van der Waals surface area contributed by atoms with Crippen molar-refractivity contribution in [2.45, 2.75) is 39.7 Å². The standard InChI is InChI=1S/C23H32ClN3OS2/c1-17-7-4-9-26(15-17)10-6-11-27(16-19-8-5-12-30-19)23(29)25-21-13-18(2)20(24)14-22(21)28-3/h5,8,12-14,17H,4,6-7,9-11,15-16H2,1-3H3,(H,25,29)/p+1. The van der Waals surface area contributed by atoms with Gasteiger partial charge in [-0.3, -0.25) is 0 Å². The van der Waals surface area contributed by atoms with Gasteiger partial charge in [0.2, 0.25) is 0 Å². The van der Waals surface area contributed by atoms with Crippen LogP contribution in [-0.4, -0.2) is 43.3 Å². The van der Waals surface area contributed by atoms with E-state index in [4.69, 9.17) is 28.6 Å². The maximum atomic E-state index is 6.26. The maximum absolute atomic E-state index is 6.26. The number of methoxy groups -OCH3 is 1. The number of benzene rings is 1. The molecule has 1 saturated heterocycles. The predicted molar refractivity (Wildman–Crippen MR) is 132 cm³/mol. The molecule has 7 heteroatoms. The molecule has 0 bridgehead atoms. The molecule has 2 unspecified atom stereocenters. The zero-order chi connectivity index (χ0) is 21.5. The second kappa shape index (κ2) is 11.3. The monoisotopic (exact) mass is 466 g/mol. The molecule has 1 aliphatic heterocycles. The summed E-state index contributed by atoms with van der Waals surface area (Å²) in [6, 6.07) is 8.10. The van der Waals surface area contributed by atoms with E-state index in [1.807, 2.05) is 19.1 Å². The van der Waals surface area contributed by atoms with E-state index in [0.717, 1.165) is 41.8 Å². The number of nitrogens with one attached hydrogen (secondary N) is 2. The topological polar surface area (TPSA) is 28.9 Å². The van der Waals surface area contributed by atoms with E-state index in [1.165, 1.54) is 37.4 Å². The molecule has 0 aliphatic carbocycles. The van der Waals surface area contributed by atoms with Crippen LogP contribution >= 0.6 is 35.2 Å². The van der Waals surface area contributed by atoms with Crippen molar-refractivity contribution in [1.29, 1.82) is 0 Å². The van der Waals surface area contributed by atoms with Gasteiger partial charge in [-0.25, -0.2) is 0 Å². The normalized spacial score (nSPS) is 18.8. The zero-order valence-electron chi connectivity index (χ0n) is 18.2. The fourth-order valence-electron chi connectivity index (χ4n) is 4.11. The van der Waals surface area contributed by atoms with Gasteiger partial charge in [-0.2, -0.15) is 0 Å². The Morgan fingerprint density at radius 2 is 2.27 bits per heavy atom. The third-order valence-corrected chi connectivity index (χ3v) is 7.39. The Hall–Kier alpha value is -1.34. The van der Waals surface area contributed by atoms with Gasteiger partial charge in [0.05, 0.1) is 39.0 Å². The lowest BCUT2D eigenvalue weighted by Gasteiger charge is -2.30. The highest BCUT2D eigenvalue weighted by atomic mass is 35.5. The van der Waals surface area contributed by atoms with Crippen LogP contribution in [0.15, 0.2) is 29.6 Å². The third kappa shape index (κ3) is 6.58. The molecule has 1 aliphatic rings. The van der Waals surface area contributed by atoms with Crippen LogP contribution in [0.1, 0.15) is 36.6 Å². The van der Waals surface area contributed by atoms with E-state index in [1.54, 1.807) is 23.3 Å². The summed E-state index contributed by atoms with van der Waals surface area (Å²) >= 11 is 13.9. The predicted octanol–water partition coefficient (Wildman–Crippen LogP) is 4.62. The summed E-state index contributed by atoms with van der Waals surface area (Å²) in [6.45, 7) is 9.94. The Balaban J connectivity index is 1.65. The molecule has 3 rings (SSSR count). The minimum atomic E-state index is 0.692. The van der Waals surface area contributed by atoms with Gasteiger partial charge < -0.3 is 19.9 Å². The summed E-state index contributed by atoms with van der Waals surface area (Å²) in [6.07, 6.45) is 3.86. The highest BCUT2D eigenvalue weighted by molar-refractivity contribution is 7.80. The van der Waals surface area contributed by atoms with Gasteiger partial charge in [-0.1, -0.05) is 24.6 Å². The van der Waals surface area contributed by atoms with Gasteiger partial charge in [0.1, 0.15) is 5.75 Å². The fraction of sp³-hybridized carbons (Fsp3) is 0.522. The van der Waals surface area contributed by atoms with Crippen molar-refractivity contribution in [2.75, 3.05) is 38.6 Å². The highest BCUT2D eigenvalue weighted by Gasteiger charge is 2.20. The van der Waals surface area contributed by atoms with Gasteiger partial charge in [-0.05, 0) is 55.1 Å².